The normalized spacial score (nSPS) is 17.5. The van der Waals surface area contributed by atoms with Crippen LogP contribution >= 0.6 is 0 Å². The Hall–Kier alpha value is -2.37. The molecule has 0 fully saturated rings. The van der Waals surface area contributed by atoms with Crippen molar-refractivity contribution in [3.8, 4) is 0 Å². The monoisotopic (exact) mass is 351 g/mol. The largest absolute Gasteiger partial charge is 0.478 e. The maximum atomic E-state index is 12.7. The predicted octanol–water partition coefficient (Wildman–Crippen LogP) is 5.71. The van der Waals surface area contributed by atoms with Crippen LogP contribution in [0.25, 0.3) is 16.5 Å². The number of carboxylic acids is 1. The van der Waals surface area contributed by atoms with E-state index in [1.54, 1.807) is 18.2 Å². The third-order valence-electron chi connectivity index (χ3n) is 4.18. The zero-order valence-electron chi connectivity index (χ0n) is 14.1. The van der Waals surface area contributed by atoms with E-state index in [0.29, 0.717) is 17.3 Å². The van der Waals surface area contributed by atoms with Crippen molar-refractivity contribution >= 4 is 22.4 Å². The number of aromatic nitrogens is 1. The summed E-state index contributed by atoms with van der Waals surface area (Å²) < 4.78 is 38.2. The maximum absolute atomic E-state index is 12.7. The molecule has 1 atom stereocenters. The first-order valence-electron chi connectivity index (χ1n) is 8.24. The van der Waals surface area contributed by atoms with Gasteiger partial charge in [-0.1, -0.05) is 38.1 Å². The molecule has 3 nitrogen and oxygen atoms in total. The number of aromatic carboxylic acids is 1. The van der Waals surface area contributed by atoms with Crippen LogP contribution in [-0.4, -0.2) is 22.2 Å². The average molecular weight is 351 g/mol. The van der Waals surface area contributed by atoms with Crippen LogP contribution in [0.4, 0.5) is 13.2 Å². The lowest BCUT2D eigenvalue weighted by Gasteiger charge is -2.24. The number of allylic oxidation sites excluding steroid dienone is 2. The standard InChI is InChI=1S/C17H14F3NO2.C2H6/c18-17(19,20)13-6-4-10(5-7-13)14-3-1-2-11-8-12(16(22)23)9-21-15(11)14;1-2/h1-4,8-9,13H,5-7H2,(H,22,23);1-2H3. The van der Waals surface area contributed by atoms with E-state index < -0.39 is 18.1 Å². The number of alkyl halides is 3. The quantitative estimate of drug-likeness (QED) is 0.754. The van der Waals surface area contributed by atoms with E-state index in [1.807, 2.05) is 19.9 Å². The van der Waals surface area contributed by atoms with Gasteiger partial charge in [-0.3, -0.25) is 4.98 Å². The average Bonchev–Trinajstić information content (AvgIpc) is 2.61. The summed E-state index contributed by atoms with van der Waals surface area (Å²) in [6, 6.07) is 6.85. The second-order valence-electron chi connectivity index (χ2n) is 5.65. The van der Waals surface area contributed by atoms with Crippen molar-refractivity contribution in [1.29, 1.82) is 0 Å². The molecule has 0 spiro atoms. The fourth-order valence-corrected chi connectivity index (χ4v) is 2.91. The molecular weight excluding hydrogens is 331 g/mol. The lowest BCUT2D eigenvalue weighted by molar-refractivity contribution is -0.175. The number of pyridine rings is 1. The van der Waals surface area contributed by atoms with Gasteiger partial charge in [0.2, 0.25) is 0 Å². The Kier molecular flexibility index (Phi) is 5.82. The van der Waals surface area contributed by atoms with E-state index in [4.69, 9.17) is 5.11 Å². The Labute approximate surface area is 144 Å². The lowest BCUT2D eigenvalue weighted by Crippen LogP contribution is -2.24. The van der Waals surface area contributed by atoms with Gasteiger partial charge in [0.25, 0.3) is 0 Å². The van der Waals surface area contributed by atoms with E-state index in [2.05, 4.69) is 4.98 Å². The number of rotatable bonds is 2. The molecular formula is C19H20F3NO2. The smallest absolute Gasteiger partial charge is 0.392 e. The Balaban J connectivity index is 0.00000109. The van der Waals surface area contributed by atoms with Crippen molar-refractivity contribution in [3.05, 3.63) is 47.7 Å². The van der Waals surface area contributed by atoms with Crippen LogP contribution in [0.5, 0.6) is 0 Å². The Morgan fingerprint density at radius 2 is 2.00 bits per heavy atom. The number of fused-ring (bicyclic) bond motifs is 1. The second kappa shape index (κ2) is 7.68. The van der Waals surface area contributed by atoms with Crippen LogP contribution in [-0.2, 0) is 0 Å². The summed E-state index contributed by atoms with van der Waals surface area (Å²) in [7, 11) is 0. The molecule has 1 unspecified atom stereocenters. The van der Waals surface area contributed by atoms with Crippen LogP contribution in [0, 0.1) is 5.92 Å². The van der Waals surface area contributed by atoms with Gasteiger partial charge >= 0.3 is 12.1 Å². The number of benzene rings is 1. The first-order valence-corrected chi connectivity index (χ1v) is 8.24. The van der Waals surface area contributed by atoms with Gasteiger partial charge in [0, 0.05) is 17.1 Å². The first kappa shape index (κ1) is 19.0. The van der Waals surface area contributed by atoms with Crippen molar-refractivity contribution in [1.82, 2.24) is 4.98 Å². The molecule has 25 heavy (non-hydrogen) atoms. The molecule has 1 aromatic carbocycles. The number of para-hydroxylation sites is 1. The summed E-state index contributed by atoms with van der Waals surface area (Å²) in [5.74, 6) is -2.34. The van der Waals surface area contributed by atoms with Crippen molar-refractivity contribution in [2.75, 3.05) is 0 Å². The number of carbonyl (C=O) groups is 1. The van der Waals surface area contributed by atoms with Gasteiger partial charge in [-0.25, -0.2) is 4.79 Å². The second-order valence-corrected chi connectivity index (χ2v) is 5.65. The molecule has 0 radical (unpaired) electrons. The maximum Gasteiger partial charge on any atom is 0.392 e. The zero-order valence-corrected chi connectivity index (χ0v) is 14.1. The summed E-state index contributed by atoms with van der Waals surface area (Å²) in [6.45, 7) is 4.00. The van der Waals surface area contributed by atoms with Crippen molar-refractivity contribution < 1.29 is 23.1 Å². The highest BCUT2D eigenvalue weighted by atomic mass is 19.4. The Morgan fingerprint density at radius 3 is 2.56 bits per heavy atom. The highest BCUT2D eigenvalue weighted by molar-refractivity contribution is 5.96. The van der Waals surface area contributed by atoms with Crippen LogP contribution in [0.2, 0.25) is 0 Å². The number of hydrogen-bond acceptors (Lipinski definition) is 2. The minimum atomic E-state index is -4.16. The fourth-order valence-electron chi connectivity index (χ4n) is 2.91. The zero-order chi connectivity index (χ0) is 18.6. The Morgan fingerprint density at radius 1 is 1.28 bits per heavy atom. The Bertz CT molecular complexity index is 797. The van der Waals surface area contributed by atoms with Crippen molar-refractivity contribution in [2.45, 2.75) is 39.3 Å². The van der Waals surface area contributed by atoms with Crippen LogP contribution in [0.15, 0.2) is 36.5 Å². The molecule has 2 aromatic rings. The van der Waals surface area contributed by atoms with Gasteiger partial charge in [0.05, 0.1) is 17.0 Å². The number of halogens is 3. The van der Waals surface area contributed by atoms with Crippen LogP contribution in [0.3, 0.4) is 0 Å². The molecule has 1 aliphatic rings. The van der Waals surface area contributed by atoms with E-state index in [9.17, 15) is 18.0 Å². The third-order valence-corrected chi connectivity index (χ3v) is 4.18. The predicted molar refractivity (Wildman–Crippen MR) is 91.4 cm³/mol. The SMILES string of the molecule is CC.O=C(O)c1cnc2c(C3=CCC(C(F)(F)F)CC3)cccc2c1. The molecule has 1 aliphatic carbocycles. The number of hydrogen-bond donors (Lipinski definition) is 1. The molecule has 0 amide bonds. The highest BCUT2D eigenvalue weighted by Crippen LogP contribution is 2.40. The molecule has 1 heterocycles. The topological polar surface area (TPSA) is 50.2 Å². The summed E-state index contributed by atoms with van der Waals surface area (Å²) >= 11 is 0. The minimum Gasteiger partial charge on any atom is -0.478 e. The number of nitrogens with zero attached hydrogens (tertiary/aromatic N) is 1. The van der Waals surface area contributed by atoms with Crippen molar-refractivity contribution in [3.63, 3.8) is 0 Å². The van der Waals surface area contributed by atoms with Gasteiger partial charge in [-0.15, -0.1) is 0 Å². The van der Waals surface area contributed by atoms with Crippen molar-refractivity contribution in [2.24, 2.45) is 5.92 Å². The molecule has 134 valence electrons. The van der Waals surface area contributed by atoms with Gasteiger partial charge < -0.3 is 5.11 Å². The lowest BCUT2D eigenvalue weighted by atomic mass is 9.85. The van der Waals surface area contributed by atoms with Gasteiger partial charge in [-0.2, -0.15) is 13.2 Å². The van der Waals surface area contributed by atoms with Gasteiger partial charge in [0.1, 0.15) is 0 Å². The van der Waals surface area contributed by atoms with E-state index in [1.165, 1.54) is 12.3 Å². The first-order chi connectivity index (χ1) is 11.9. The summed E-state index contributed by atoms with van der Waals surface area (Å²) in [6.07, 6.45) is -0.873. The van der Waals surface area contributed by atoms with E-state index >= 15 is 0 Å². The van der Waals surface area contributed by atoms with E-state index in [0.717, 1.165) is 11.1 Å². The van der Waals surface area contributed by atoms with E-state index in [-0.39, 0.29) is 18.4 Å². The minimum absolute atomic E-state index is 0.0254. The molecule has 1 aromatic heterocycles. The fraction of sp³-hybridized carbons (Fsp3) is 0.368. The molecule has 0 saturated heterocycles. The molecule has 0 bridgehead atoms. The number of carboxylic acid groups (broad SMARTS) is 1. The van der Waals surface area contributed by atoms with Gasteiger partial charge in [0.15, 0.2) is 0 Å². The molecule has 3 rings (SSSR count). The van der Waals surface area contributed by atoms with Crippen LogP contribution in [0.1, 0.15) is 49.0 Å². The molecule has 0 aliphatic heterocycles. The summed E-state index contributed by atoms with van der Waals surface area (Å²) in [4.78, 5) is 15.2. The third kappa shape index (κ3) is 4.18. The molecule has 0 saturated carbocycles. The van der Waals surface area contributed by atoms with Crippen LogP contribution < -0.4 is 0 Å². The molecule has 6 heteroatoms. The van der Waals surface area contributed by atoms with Gasteiger partial charge in [-0.05, 0) is 30.9 Å². The highest BCUT2D eigenvalue weighted by Gasteiger charge is 2.39. The summed E-state index contributed by atoms with van der Waals surface area (Å²) in [5.41, 5.74) is 2.32. The summed E-state index contributed by atoms with van der Waals surface area (Å²) in [5, 5.41) is 9.68. The molecule has 1 N–H and O–H groups in total.